The van der Waals surface area contributed by atoms with Crippen molar-refractivity contribution in [3.8, 4) is 0 Å². The molecule has 0 amide bonds. The maximum absolute atomic E-state index is 13.1. The van der Waals surface area contributed by atoms with E-state index in [-0.39, 0.29) is 13.2 Å². The molecule has 0 aromatic heterocycles. The first-order valence-corrected chi connectivity index (χ1v) is 10.1. The SMILES string of the molecule is FC(F)(F)C1=NCC[C@H](COC(c2ccccc2)(c2ccccc2)c2ccccc2)O1. The molecule has 0 aliphatic carbocycles. The summed E-state index contributed by atoms with van der Waals surface area (Å²) in [6.07, 6.45) is -4.99. The second kappa shape index (κ2) is 8.94. The van der Waals surface area contributed by atoms with Crippen LogP contribution in [0.3, 0.4) is 0 Å². The smallest absolute Gasteiger partial charge is 0.468 e. The van der Waals surface area contributed by atoms with Crippen LogP contribution in [0.15, 0.2) is 96.0 Å². The van der Waals surface area contributed by atoms with Crippen molar-refractivity contribution in [2.75, 3.05) is 13.2 Å². The molecule has 1 atom stereocenters. The molecule has 1 aliphatic rings. The highest BCUT2D eigenvalue weighted by atomic mass is 19.4. The van der Waals surface area contributed by atoms with Gasteiger partial charge in [0, 0.05) is 13.0 Å². The number of benzene rings is 3. The number of alkyl halides is 3. The lowest BCUT2D eigenvalue weighted by Gasteiger charge is -2.37. The number of nitrogens with zero attached hydrogens (tertiary/aromatic N) is 1. The Labute approximate surface area is 179 Å². The molecule has 0 saturated heterocycles. The Morgan fingerprint density at radius 3 is 1.65 bits per heavy atom. The minimum Gasteiger partial charge on any atom is -0.469 e. The number of hydrogen-bond acceptors (Lipinski definition) is 3. The monoisotopic (exact) mass is 425 g/mol. The highest BCUT2D eigenvalue weighted by molar-refractivity contribution is 5.82. The third kappa shape index (κ3) is 4.49. The molecule has 0 bridgehead atoms. The zero-order valence-corrected chi connectivity index (χ0v) is 16.8. The summed E-state index contributed by atoms with van der Waals surface area (Å²) in [5.74, 6) is -1.18. The van der Waals surface area contributed by atoms with Gasteiger partial charge in [0.2, 0.25) is 0 Å². The van der Waals surface area contributed by atoms with Gasteiger partial charge in [-0.15, -0.1) is 0 Å². The summed E-state index contributed by atoms with van der Waals surface area (Å²) >= 11 is 0. The summed E-state index contributed by atoms with van der Waals surface area (Å²) in [5.41, 5.74) is 1.65. The van der Waals surface area contributed by atoms with Gasteiger partial charge in [0.25, 0.3) is 5.90 Å². The van der Waals surface area contributed by atoms with Crippen LogP contribution in [0.4, 0.5) is 13.2 Å². The Morgan fingerprint density at radius 2 is 1.23 bits per heavy atom. The fourth-order valence-corrected chi connectivity index (χ4v) is 3.82. The van der Waals surface area contributed by atoms with Crippen molar-refractivity contribution in [2.45, 2.75) is 24.3 Å². The number of aliphatic imine (C=N–C) groups is 1. The number of hydrogen-bond donors (Lipinski definition) is 0. The third-order valence-corrected chi connectivity index (χ3v) is 5.25. The van der Waals surface area contributed by atoms with Gasteiger partial charge in [-0.2, -0.15) is 13.2 Å². The maximum atomic E-state index is 13.1. The van der Waals surface area contributed by atoms with E-state index >= 15 is 0 Å². The molecule has 0 unspecified atom stereocenters. The molecule has 6 heteroatoms. The van der Waals surface area contributed by atoms with E-state index in [2.05, 4.69) is 4.99 Å². The predicted molar refractivity (Wildman–Crippen MR) is 113 cm³/mol. The third-order valence-electron chi connectivity index (χ3n) is 5.25. The van der Waals surface area contributed by atoms with E-state index in [1.165, 1.54) is 0 Å². The fraction of sp³-hybridized carbons (Fsp3) is 0.240. The summed E-state index contributed by atoms with van der Waals surface area (Å²) in [5, 5.41) is 0. The van der Waals surface area contributed by atoms with Crippen molar-refractivity contribution >= 4 is 5.90 Å². The summed E-state index contributed by atoms with van der Waals surface area (Å²) < 4.78 is 51.0. The Hall–Kier alpha value is -3.12. The molecule has 3 nitrogen and oxygen atoms in total. The van der Waals surface area contributed by atoms with Crippen molar-refractivity contribution < 1.29 is 22.6 Å². The molecular formula is C25H22F3NO2. The summed E-state index contributed by atoms with van der Waals surface area (Å²) in [7, 11) is 0. The highest BCUT2D eigenvalue weighted by Gasteiger charge is 2.43. The van der Waals surface area contributed by atoms with Crippen LogP contribution in [0.25, 0.3) is 0 Å². The first kappa shape index (κ1) is 21.1. The van der Waals surface area contributed by atoms with E-state index in [9.17, 15) is 13.2 Å². The molecule has 4 rings (SSSR count). The van der Waals surface area contributed by atoms with Gasteiger partial charge in [0.05, 0.1) is 6.61 Å². The van der Waals surface area contributed by atoms with Crippen molar-refractivity contribution in [3.05, 3.63) is 108 Å². The van der Waals surface area contributed by atoms with E-state index in [1.807, 2.05) is 91.0 Å². The van der Waals surface area contributed by atoms with Crippen molar-refractivity contribution in [3.63, 3.8) is 0 Å². The van der Waals surface area contributed by atoms with Crippen LogP contribution in [0, 0.1) is 0 Å². The van der Waals surface area contributed by atoms with Gasteiger partial charge in [-0.1, -0.05) is 91.0 Å². The molecule has 0 spiro atoms. The van der Waals surface area contributed by atoms with Gasteiger partial charge in [0.15, 0.2) is 0 Å². The molecule has 0 fully saturated rings. The van der Waals surface area contributed by atoms with Gasteiger partial charge in [-0.05, 0) is 16.7 Å². The van der Waals surface area contributed by atoms with Gasteiger partial charge >= 0.3 is 6.18 Å². The van der Waals surface area contributed by atoms with E-state index < -0.39 is 23.8 Å². The Morgan fingerprint density at radius 1 is 0.774 bits per heavy atom. The van der Waals surface area contributed by atoms with Gasteiger partial charge < -0.3 is 9.47 Å². The van der Waals surface area contributed by atoms with Crippen LogP contribution in [0.5, 0.6) is 0 Å². The molecule has 0 radical (unpaired) electrons. The molecule has 0 saturated carbocycles. The summed E-state index contributed by atoms with van der Waals surface area (Å²) in [6.45, 7) is 0.0334. The number of rotatable bonds is 6. The molecule has 1 heterocycles. The van der Waals surface area contributed by atoms with Gasteiger partial charge in [0.1, 0.15) is 11.7 Å². The standard InChI is InChI=1S/C25H22F3NO2/c26-25(27,28)23-29-17-16-22(31-23)18-30-24(19-10-4-1-5-11-19,20-12-6-2-7-13-20)21-14-8-3-9-15-21/h1-15,22H,16-18H2/t22-/m1/s1. The lowest BCUT2D eigenvalue weighted by Crippen LogP contribution is -2.40. The topological polar surface area (TPSA) is 30.8 Å². The molecule has 31 heavy (non-hydrogen) atoms. The first-order valence-electron chi connectivity index (χ1n) is 10.1. The van der Waals surface area contributed by atoms with E-state index in [0.29, 0.717) is 6.42 Å². The van der Waals surface area contributed by atoms with E-state index in [0.717, 1.165) is 16.7 Å². The molecule has 160 valence electrons. The summed E-state index contributed by atoms with van der Waals surface area (Å²) in [4.78, 5) is 3.48. The Bertz CT molecular complexity index is 909. The predicted octanol–water partition coefficient (Wildman–Crippen LogP) is 5.74. The first-order chi connectivity index (χ1) is 15.0. The van der Waals surface area contributed by atoms with Crippen molar-refractivity contribution in [2.24, 2.45) is 4.99 Å². The van der Waals surface area contributed by atoms with Crippen LogP contribution in [-0.2, 0) is 15.1 Å². The lowest BCUT2D eigenvalue weighted by atomic mass is 9.80. The maximum Gasteiger partial charge on any atom is 0.468 e. The molecular weight excluding hydrogens is 403 g/mol. The lowest BCUT2D eigenvalue weighted by molar-refractivity contribution is -0.0983. The minimum absolute atomic E-state index is 0.0201. The zero-order valence-electron chi connectivity index (χ0n) is 16.8. The van der Waals surface area contributed by atoms with Gasteiger partial charge in [-0.25, -0.2) is 4.99 Å². The average molecular weight is 425 g/mol. The quantitative estimate of drug-likeness (QED) is 0.471. The number of halogens is 3. The fourth-order valence-electron chi connectivity index (χ4n) is 3.82. The second-order valence-corrected chi connectivity index (χ2v) is 7.30. The molecule has 0 N–H and O–H groups in total. The van der Waals surface area contributed by atoms with Gasteiger partial charge in [-0.3, -0.25) is 0 Å². The van der Waals surface area contributed by atoms with Crippen LogP contribution >= 0.6 is 0 Å². The van der Waals surface area contributed by atoms with E-state index in [1.54, 1.807) is 0 Å². The van der Waals surface area contributed by atoms with Crippen molar-refractivity contribution in [1.82, 2.24) is 0 Å². The molecule has 1 aliphatic heterocycles. The summed E-state index contributed by atoms with van der Waals surface area (Å²) in [6, 6.07) is 29.1. The Kier molecular flexibility index (Phi) is 6.09. The van der Waals surface area contributed by atoms with Crippen LogP contribution in [0.1, 0.15) is 23.1 Å². The Balaban J connectivity index is 1.74. The highest BCUT2D eigenvalue weighted by Crippen LogP contribution is 2.40. The second-order valence-electron chi connectivity index (χ2n) is 7.30. The average Bonchev–Trinajstić information content (AvgIpc) is 2.81. The molecule has 3 aromatic carbocycles. The van der Waals surface area contributed by atoms with Crippen LogP contribution < -0.4 is 0 Å². The zero-order chi connectivity index (χ0) is 21.7. The molecule has 3 aromatic rings. The van der Waals surface area contributed by atoms with Crippen LogP contribution in [0.2, 0.25) is 0 Å². The minimum atomic E-state index is -4.60. The largest absolute Gasteiger partial charge is 0.469 e. The van der Waals surface area contributed by atoms with Crippen molar-refractivity contribution in [1.29, 1.82) is 0 Å². The normalized spacial score (nSPS) is 17.0. The van der Waals surface area contributed by atoms with E-state index in [4.69, 9.17) is 9.47 Å². The number of ether oxygens (including phenoxy) is 2. The van der Waals surface area contributed by atoms with Crippen LogP contribution in [-0.4, -0.2) is 31.3 Å².